The van der Waals surface area contributed by atoms with Crippen molar-refractivity contribution in [1.82, 2.24) is 4.98 Å². The summed E-state index contributed by atoms with van der Waals surface area (Å²) < 4.78 is 0. The molecular weight excluding hydrogens is 302 g/mol. The summed E-state index contributed by atoms with van der Waals surface area (Å²) in [7, 11) is 0. The summed E-state index contributed by atoms with van der Waals surface area (Å²) >= 11 is 4.13. The smallest absolute Gasteiger partial charge is 0.221 e. The molecule has 0 saturated heterocycles. The van der Waals surface area contributed by atoms with Crippen molar-refractivity contribution in [3.05, 3.63) is 67.9 Å². The van der Waals surface area contributed by atoms with Crippen LogP contribution in [0.5, 0.6) is 5.75 Å². The van der Waals surface area contributed by atoms with Crippen molar-refractivity contribution in [3.63, 3.8) is 0 Å². The van der Waals surface area contributed by atoms with Crippen LogP contribution in [0.25, 0.3) is 10.8 Å². The normalized spacial score (nSPS) is 12.0. The highest BCUT2D eigenvalue weighted by atomic mass is 32.1. The van der Waals surface area contributed by atoms with E-state index in [4.69, 9.17) is 0 Å². The molecule has 0 saturated carbocycles. The molecule has 0 atom stereocenters. The first kappa shape index (κ1) is 14.3. The van der Waals surface area contributed by atoms with E-state index >= 15 is 0 Å². The molecule has 7 heteroatoms. The molecule has 0 radical (unpaired) electrons. The summed E-state index contributed by atoms with van der Waals surface area (Å²) in [6.45, 7) is 0. The number of fused-ring (bicyclic) bond motifs is 1. The summed E-state index contributed by atoms with van der Waals surface area (Å²) in [5.74, 6) is 0.740. The number of phenols is 1. The minimum atomic E-state index is -0.599. The van der Waals surface area contributed by atoms with Gasteiger partial charge >= 0.3 is 0 Å². The van der Waals surface area contributed by atoms with Crippen molar-refractivity contribution in [2.45, 2.75) is 5.75 Å². The van der Waals surface area contributed by atoms with E-state index in [2.05, 4.69) is 28.1 Å². The number of anilines is 1. The number of nitrogens with zero attached hydrogens (tertiary/aromatic N) is 2. The van der Waals surface area contributed by atoms with E-state index in [1.807, 2.05) is 0 Å². The second-order valence-electron chi connectivity index (χ2n) is 4.64. The Kier molecular flexibility index (Phi) is 3.64. The first-order valence-electron chi connectivity index (χ1n) is 6.42. The van der Waals surface area contributed by atoms with Gasteiger partial charge in [0.15, 0.2) is 5.36 Å². The lowest BCUT2D eigenvalue weighted by Gasteiger charge is -1.99. The molecule has 3 rings (SSSR count). The van der Waals surface area contributed by atoms with Gasteiger partial charge in [0.2, 0.25) is 10.9 Å². The molecule has 0 aliphatic rings. The molecule has 0 aliphatic heterocycles. The highest BCUT2D eigenvalue weighted by Crippen LogP contribution is 2.17. The fourth-order valence-electron chi connectivity index (χ4n) is 2.12. The number of hydrogen-bond acceptors (Lipinski definition) is 7. The van der Waals surface area contributed by atoms with Crippen LogP contribution in [-0.2, 0) is 5.75 Å². The molecule has 110 valence electrons. The summed E-state index contributed by atoms with van der Waals surface area (Å²) in [6.07, 6.45) is 1.62. The molecule has 0 unspecified atom stereocenters. The first-order valence-corrected chi connectivity index (χ1v) is 7.06. The molecule has 1 heterocycles. The van der Waals surface area contributed by atoms with Gasteiger partial charge in [-0.3, -0.25) is 15.0 Å². The zero-order valence-electron chi connectivity index (χ0n) is 11.3. The Labute approximate surface area is 129 Å². The SMILES string of the molecule is O=c1c(=NNc2ccc(CS)cn2)c(=O)c2c(O)cccc12. The van der Waals surface area contributed by atoms with Crippen LogP contribution in [0.1, 0.15) is 5.56 Å². The summed E-state index contributed by atoms with van der Waals surface area (Å²) in [6, 6.07) is 7.83. The number of hydrogen-bond donors (Lipinski definition) is 3. The van der Waals surface area contributed by atoms with Gasteiger partial charge in [-0.15, -0.1) is 0 Å². The standard InChI is InChI=1S/C15H11N3O3S/c19-10-3-1-2-9-12(10)15(21)13(14(9)20)18-17-11-5-4-8(7-22)6-16-11/h1-6,19,22H,7H2,(H,16,17). The fourth-order valence-corrected chi connectivity index (χ4v) is 2.30. The van der Waals surface area contributed by atoms with Gasteiger partial charge in [0.25, 0.3) is 0 Å². The minimum Gasteiger partial charge on any atom is -0.507 e. The number of rotatable bonds is 3. The lowest BCUT2D eigenvalue weighted by atomic mass is 10.2. The number of aromatic nitrogens is 1. The highest BCUT2D eigenvalue weighted by molar-refractivity contribution is 7.79. The molecule has 0 spiro atoms. The van der Waals surface area contributed by atoms with Gasteiger partial charge < -0.3 is 5.11 Å². The van der Waals surface area contributed by atoms with Crippen LogP contribution in [0.3, 0.4) is 0 Å². The van der Waals surface area contributed by atoms with Crippen molar-refractivity contribution >= 4 is 29.2 Å². The van der Waals surface area contributed by atoms with Gasteiger partial charge in [0, 0.05) is 17.3 Å². The Hall–Kier alpha value is -2.67. The van der Waals surface area contributed by atoms with Crippen LogP contribution in [0.4, 0.5) is 5.82 Å². The van der Waals surface area contributed by atoms with E-state index in [9.17, 15) is 14.7 Å². The largest absolute Gasteiger partial charge is 0.507 e. The molecule has 3 aromatic rings. The van der Waals surface area contributed by atoms with Crippen LogP contribution in [-0.4, -0.2) is 10.1 Å². The van der Waals surface area contributed by atoms with Crippen LogP contribution >= 0.6 is 12.6 Å². The van der Waals surface area contributed by atoms with Gasteiger partial charge in [0.1, 0.15) is 11.6 Å². The molecule has 0 fully saturated rings. The predicted octanol–water partition coefficient (Wildman–Crippen LogP) is 0.894. The van der Waals surface area contributed by atoms with Crippen molar-refractivity contribution in [3.8, 4) is 5.75 Å². The molecule has 2 aromatic carbocycles. The third-order valence-electron chi connectivity index (χ3n) is 3.23. The highest BCUT2D eigenvalue weighted by Gasteiger charge is 2.13. The second-order valence-corrected chi connectivity index (χ2v) is 4.96. The van der Waals surface area contributed by atoms with Crippen molar-refractivity contribution in [2.24, 2.45) is 5.10 Å². The molecule has 0 aliphatic carbocycles. The van der Waals surface area contributed by atoms with E-state index in [1.54, 1.807) is 18.3 Å². The van der Waals surface area contributed by atoms with E-state index < -0.39 is 10.9 Å². The average Bonchev–Trinajstić information content (AvgIpc) is 2.78. The molecule has 1 aromatic heterocycles. The number of phenolic OH excluding ortho intramolecular Hbond substituents is 1. The number of nitrogens with one attached hydrogen (secondary N) is 1. The van der Waals surface area contributed by atoms with Crippen LogP contribution in [0.2, 0.25) is 0 Å². The zero-order chi connectivity index (χ0) is 15.7. The molecule has 2 N–H and O–H groups in total. The zero-order valence-corrected chi connectivity index (χ0v) is 12.2. The molecule has 6 nitrogen and oxygen atoms in total. The van der Waals surface area contributed by atoms with E-state index in [1.165, 1.54) is 18.2 Å². The van der Waals surface area contributed by atoms with Crippen molar-refractivity contribution in [1.29, 1.82) is 0 Å². The maximum atomic E-state index is 12.2. The maximum Gasteiger partial charge on any atom is 0.221 e. The lowest BCUT2D eigenvalue weighted by Crippen LogP contribution is -2.32. The van der Waals surface area contributed by atoms with Crippen LogP contribution in [0, 0.1) is 0 Å². The van der Waals surface area contributed by atoms with Gasteiger partial charge in [-0.1, -0.05) is 12.1 Å². The lowest BCUT2D eigenvalue weighted by molar-refractivity contribution is 0.481. The van der Waals surface area contributed by atoms with Crippen LogP contribution < -0.4 is 21.6 Å². The monoisotopic (exact) mass is 313 g/mol. The summed E-state index contributed by atoms with van der Waals surface area (Å²) in [4.78, 5) is 28.4. The molecule has 0 bridgehead atoms. The Morgan fingerprint density at radius 1 is 1.18 bits per heavy atom. The van der Waals surface area contributed by atoms with Crippen LogP contribution in [0.15, 0.2) is 51.2 Å². The Bertz CT molecular complexity index is 990. The van der Waals surface area contributed by atoms with Gasteiger partial charge in [0.05, 0.1) is 5.39 Å². The Morgan fingerprint density at radius 2 is 2.00 bits per heavy atom. The minimum absolute atomic E-state index is 0.00793. The van der Waals surface area contributed by atoms with Gasteiger partial charge in [-0.25, -0.2) is 4.98 Å². The molecule has 22 heavy (non-hydrogen) atoms. The summed E-state index contributed by atoms with van der Waals surface area (Å²) in [5, 5.41) is 13.4. The number of aromatic hydroxyl groups is 1. The fraction of sp³-hybridized carbons (Fsp3) is 0.0667. The number of pyridine rings is 1. The Balaban J connectivity index is 2.08. The third-order valence-corrected chi connectivity index (χ3v) is 3.60. The Morgan fingerprint density at radius 3 is 2.64 bits per heavy atom. The van der Waals surface area contributed by atoms with E-state index in [-0.39, 0.29) is 21.9 Å². The first-order chi connectivity index (χ1) is 10.6. The van der Waals surface area contributed by atoms with E-state index in [0.717, 1.165) is 5.56 Å². The number of benzene rings is 1. The molecule has 0 amide bonds. The van der Waals surface area contributed by atoms with Gasteiger partial charge in [-0.05, 0) is 23.8 Å². The maximum absolute atomic E-state index is 12.2. The number of thiol groups is 1. The summed E-state index contributed by atoms with van der Waals surface area (Å²) in [5.41, 5.74) is 2.40. The topological polar surface area (TPSA) is 91.7 Å². The predicted molar refractivity (Wildman–Crippen MR) is 86.6 cm³/mol. The van der Waals surface area contributed by atoms with E-state index in [0.29, 0.717) is 11.6 Å². The van der Waals surface area contributed by atoms with Crippen molar-refractivity contribution in [2.75, 3.05) is 5.43 Å². The second kappa shape index (κ2) is 5.61. The van der Waals surface area contributed by atoms with Gasteiger partial charge in [-0.2, -0.15) is 17.7 Å². The third kappa shape index (κ3) is 2.35. The quantitative estimate of drug-likeness (QED) is 0.493. The van der Waals surface area contributed by atoms with Crippen molar-refractivity contribution < 1.29 is 5.11 Å². The molecular formula is C15H11N3O3S. The average molecular weight is 313 g/mol.